The minimum atomic E-state index is -0.157. The van der Waals surface area contributed by atoms with Gasteiger partial charge in [-0.2, -0.15) is 0 Å². The Bertz CT molecular complexity index is 441. The van der Waals surface area contributed by atoms with Crippen LogP contribution in [0.2, 0.25) is 0 Å². The molecule has 0 fully saturated rings. The Hall–Kier alpha value is -1.11. The smallest absolute Gasteiger partial charge is 0.258 e. The summed E-state index contributed by atoms with van der Waals surface area (Å²) < 4.78 is 11.4. The van der Waals surface area contributed by atoms with E-state index in [2.05, 4.69) is 33.5 Å². The summed E-state index contributed by atoms with van der Waals surface area (Å²) in [4.78, 5) is 11.7. The fourth-order valence-corrected chi connectivity index (χ4v) is 2.26. The predicted molar refractivity (Wildman–Crippen MR) is 86.5 cm³/mol. The van der Waals surface area contributed by atoms with Gasteiger partial charge >= 0.3 is 0 Å². The molecule has 1 aromatic carbocycles. The molecule has 0 aliphatic heterocycles. The van der Waals surface area contributed by atoms with Crippen molar-refractivity contribution in [1.82, 2.24) is 10.6 Å². The molecule has 0 atom stereocenters. The number of methoxy groups -OCH3 is 1. The van der Waals surface area contributed by atoms with E-state index in [-0.39, 0.29) is 12.5 Å². The zero-order valence-electron chi connectivity index (χ0n) is 12.6. The van der Waals surface area contributed by atoms with Crippen molar-refractivity contribution in [3.05, 3.63) is 28.2 Å². The number of hydrogen-bond donors (Lipinski definition) is 2. The second kappa shape index (κ2) is 10.6. The van der Waals surface area contributed by atoms with Crippen molar-refractivity contribution in [2.75, 3.05) is 33.4 Å². The van der Waals surface area contributed by atoms with E-state index in [9.17, 15) is 4.79 Å². The molecule has 0 radical (unpaired) electrons. The molecule has 1 rings (SSSR count). The number of halogens is 1. The SMILES string of the molecule is CCCNCc1cccc(Br)c1OCC(=O)NCCOC. The summed E-state index contributed by atoms with van der Waals surface area (Å²) in [5, 5.41) is 6.06. The zero-order valence-corrected chi connectivity index (χ0v) is 14.2. The third-order valence-electron chi connectivity index (χ3n) is 2.77. The van der Waals surface area contributed by atoms with Gasteiger partial charge in [-0.15, -0.1) is 0 Å². The van der Waals surface area contributed by atoms with Crippen LogP contribution in [0.5, 0.6) is 5.75 Å². The second-order valence-corrected chi connectivity index (χ2v) is 5.39. The van der Waals surface area contributed by atoms with Gasteiger partial charge in [0.1, 0.15) is 5.75 Å². The van der Waals surface area contributed by atoms with E-state index in [0.717, 1.165) is 23.0 Å². The van der Waals surface area contributed by atoms with E-state index in [4.69, 9.17) is 9.47 Å². The van der Waals surface area contributed by atoms with Crippen LogP contribution in [0.3, 0.4) is 0 Å². The van der Waals surface area contributed by atoms with Gasteiger partial charge in [-0.25, -0.2) is 0 Å². The van der Waals surface area contributed by atoms with Gasteiger partial charge in [0, 0.05) is 25.8 Å². The lowest BCUT2D eigenvalue weighted by molar-refractivity contribution is -0.123. The summed E-state index contributed by atoms with van der Waals surface area (Å²) >= 11 is 3.47. The highest BCUT2D eigenvalue weighted by Crippen LogP contribution is 2.29. The fourth-order valence-electron chi connectivity index (χ4n) is 1.74. The van der Waals surface area contributed by atoms with Gasteiger partial charge in [0.15, 0.2) is 6.61 Å². The van der Waals surface area contributed by atoms with Gasteiger partial charge in [0.2, 0.25) is 0 Å². The van der Waals surface area contributed by atoms with Crippen LogP contribution in [0, 0.1) is 0 Å². The fraction of sp³-hybridized carbons (Fsp3) is 0.533. The Morgan fingerprint density at radius 3 is 2.86 bits per heavy atom. The average molecular weight is 359 g/mol. The Kier molecular flexibility index (Phi) is 9.05. The molecule has 6 heteroatoms. The molecular formula is C15H23BrN2O3. The predicted octanol–water partition coefficient (Wildman–Crippen LogP) is 2.09. The summed E-state index contributed by atoms with van der Waals surface area (Å²) in [7, 11) is 1.60. The highest BCUT2D eigenvalue weighted by Gasteiger charge is 2.10. The number of hydrogen-bond acceptors (Lipinski definition) is 4. The average Bonchev–Trinajstić information content (AvgIpc) is 2.47. The number of carbonyl (C=O) groups is 1. The molecule has 0 spiro atoms. The summed E-state index contributed by atoms with van der Waals surface area (Å²) in [5.74, 6) is 0.554. The molecule has 0 saturated heterocycles. The van der Waals surface area contributed by atoms with Crippen LogP contribution in [0.15, 0.2) is 22.7 Å². The first-order valence-electron chi connectivity index (χ1n) is 7.05. The lowest BCUT2D eigenvalue weighted by atomic mass is 10.2. The van der Waals surface area contributed by atoms with E-state index >= 15 is 0 Å². The van der Waals surface area contributed by atoms with Crippen LogP contribution in [-0.2, 0) is 16.1 Å². The topological polar surface area (TPSA) is 59.6 Å². The Morgan fingerprint density at radius 2 is 2.14 bits per heavy atom. The van der Waals surface area contributed by atoms with Gasteiger partial charge < -0.3 is 20.1 Å². The first-order chi connectivity index (χ1) is 10.2. The van der Waals surface area contributed by atoms with E-state index in [1.54, 1.807) is 7.11 Å². The third-order valence-corrected chi connectivity index (χ3v) is 3.39. The van der Waals surface area contributed by atoms with Crippen molar-refractivity contribution in [3.8, 4) is 5.75 Å². The number of para-hydroxylation sites is 1. The number of rotatable bonds is 10. The maximum atomic E-state index is 11.7. The second-order valence-electron chi connectivity index (χ2n) is 4.54. The van der Waals surface area contributed by atoms with Crippen molar-refractivity contribution in [3.63, 3.8) is 0 Å². The molecule has 1 aromatic rings. The zero-order chi connectivity index (χ0) is 15.5. The van der Waals surface area contributed by atoms with Crippen LogP contribution < -0.4 is 15.4 Å². The van der Waals surface area contributed by atoms with Crippen LogP contribution >= 0.6 is 15.9 Å². The molecule has 0 aromatic heterocycles. The largest absolute Gasteiger partial charge is 0.482 e. The first-order valence-corrected chi connectivity index (χ1v) is 7.84. The van der Waals surface area contributed by atoms with Crippen LogP contribution in [-0.4, -0.2) is 39.3 Å². The van der Waals surface area contributed by atoms with E-state index in [1.165, 1.54) is 0 Å². The highest BCUT2D eigenvalue weighted by molar-refractivity contribution is 9.10. The summed E-state index contributed by atoms with van der Waals surface area (Å²) in [6.45, 7) is 4.76. The molecule has 2 N–H and O–H groups in total. The van der Waals surface area contributed by atoms with Crippen molar-refractivity contribution < 1.29 is 14.3 Å². The van der Waals surface area contributed by atoms with Gasteiger partial charge in [-0.3, -0.25) is 4.79 Å². The minimum Gasteiger partial charge on any atom is -0.482 e. The number of benzene rings is 1. The van der Waals surface area contributed by atoms with Crippen LogP contribution in [0.1, 0.15) is 18.9 Å². The molecule has 0 aliphatic carbocycles. The van der Waals surface area contributed by atoms with Gasteiger partial charge in [0.05, 0.1) is 11.1 Å². The van der Waals surface area contributed by atoms with Crippen molar-refractivity contribution in [1.29, 1.82) is 0 Å². The minimum absolute atomic E-state index is 0.00684. The maximum absolute atomic E-state index is 11.7. The number of amides is 1. The van der Waals surface area contributed by atoms with Gasteiger partial charge in [-0.05, 0) is 35.0 Å². The lowest BCUT2D eigenvalue weighted by Gasteiger charge is -2.14. The van der Waals surface area contributed by atoms with E-state index in [0.29, 0.717) is 25.4 Å². The summed E-state index contributed by atoms with van der Waals surface area (Å²) in [6.07, 6.45) is 1.08. The quantitative estimate of drug-likeness (QED) is 0.628. The number of ether oxygens (including phenoxy) is 2. The molecule has 118 valence electrons. The first kappa shape index (κ1) is 17.9. The lowest BCUT2D eigenvalue weighted by Crippen LogP contribution is -2.31. The Labute approximate surface area is 134 Å². The Balaban J connectivity index is 2.54. The van der Waals surface area contributed by atoms with Crippen molar-refractivity contribution in [2.45, 2.75) is 19.9 Å². The highest BCUT2D eigenvalue weighted by atomic mass is 79.9. The summed E-state index contributed by atoms with van der Waals surface area (Å²) in [5.41, 5.74) is 1.03. The molecule has 0 bridgehead atoms. The van der Waals surface area contributed by atoms with E-state index < -0.39 is 0 Å². The van der Waals surface area contributed by atoms with E-state index in [1.807, 2.05) is 18.2 Å². The molecule has 0 saturated carbocycles. The molecule has 1 amide bonds. The summed E-state index contributed by atoms with van der Waals surface area (Å²) in [6, 6.07) is 5.85. The Morgan fingerprint density at radius 1 is 1.33 bits per heavy atom. The molecule has 21 heavy (non-hydrogen) atoms. The molecule has 5 nitrogen and oxygen atoms in total. The maximum Gasteiger partial charge on any atom is 0.258 e. The van der Waals surface area contributed by atoms with Crippen molar-refractivity contribution >= 4 is 21.8 Å². The van der Waals surface area contributed by atoms with Gasteiger partial charge in [-0.1, -0.05) is 19.1 Å². The monoisotopic (exact) mass is 358 g/mol. The standard InChI is InChI=1S/C15H23BrN2O3/c1-3-7-17-10-12-5-4-6-13(16)15(12)21-11-14(19)18-8-9-20-2/h4-6,17H,3,7-11H2,1-2H3,(H,18,19). The molecule has 0 unspecified atom stereocenters. The number of carbonyl (C=O) groups excluding carboxylic acids is 1. The molecule has 0 heterocycles. The normalized spacial score (nSPS) is 10.4. The van der Waals surface area contributed by atoms with Crippen LogP contribution in [0.25, 0.3) is 0 Å². The molecule has 0 aliphatic rings. The number of nitrogens with one attached hydrogen (secondary N) is 2. The van der Waals surface area contributed by atoms with Crippen LogP contribution in [0.4, 0.5) is 0 Å². The van der Waals surface area contributed by atoms with Crippen molar-refractivity contribution in [2.24, 2.45) is 0 Å². The third kappa shape index (κ3) is 6.93. The van der Waals surface area contributed by atoms with Gasteiger partial charge in [0.25, 0.3) is 5.91 Å². The molecular weight excluding hydrogens is 336 g/mol.